The highest BCUT2D eigenvalue weighted by Crippen LogP contribution is 2.28. The predicted octanol–water partition coefficient (Wildman–Crippen LogP) is 2.25. The standard InChI is InChI=1S/C13H16N2O2/c1-2-17-13-9-15-12(7-11(13)8-14)10-3-5-16-6-4-10/h7,9-10H,2-6H2,1H3. The van der Waals surface area contributed by atoms with Crippen molar-refractivity contribution in [1.29, 1.82) is 5.26 Å². The molecule has 0 N–H and O–H groups in total. The lowest BCUT2D eigenvalue weighted by Gasteiger charge is -2.21. The summed E-state index contributed by atoms with van der Waals surface area (Å²) < 4.78 is 10.7. The molecule has 1 fully saturated rings. The van der Waals surface area contributed by atoms with Crippen LogP contribution in [0.4, 0.5) is 0 Å². The van der Waals surface area contributed by atoms with Crippen LogP contribution in [0.25, 0.3) is 0 Å². The smallest absolute Gasteiger partial charge is 0.155 e. The fraction of sp³-hybridized carbons (Fsp3) is 0.538. The van der Waals surface area contributed by atoms with E-state index in [1.165, 1.54) is 0 Å². The van der Waals surface area contributed by atoms with Crippen molar-refractivity contribution in [3.63, 3.8) is 0 Å². The van der Waals surface area contributed by atoms with E-state index >= 15 is 0 Å². The van der Waals surface area contributed by atoms with E-state index in [2.05, 4.69) is 11.1 Å². The summed E-state index contributed by atoms with van der Waals surface area (Å²) in [6, 6.07) is 4.01. The Morgan fingerprint density at radius 2 is 2.29 bits per heavy atom. The zero-order valence-corrected chi connectivity index (χ0v) is 9.98. The van der Waals surface area contributed by atoms with Gasteiger partial charge < -0.3 is 9.47 Å². The van der Waals surface area contributed by atoms with Gasteiger partial charge in [-0.05, 0) is 25.8 Å². The van der Waals surface area contributed by atoms with Gasteiger partial charge in [-0.15, -0.1) is 0 Å². The maximum atomic E-state index is 9.09. The Labute approximate surface area is 101 Å². The SMILES string of the molecule is CCOc1cnc(C2CCOCC2)cc1C#N. The monoisotopic (exact) mass is 232 g/mol. The third-order valence-electron chi connectivity index (χ3n) is 2.95. The van der Waals surface area contributed by atoms with Gasteiger partial charge in [0, 0.05) is 24.8 Å². The Hall–Kier alpha value is -1.60. The van der Waals surface area contributed by atoms with Crippen LogP contribution < -0.4 is 4.74 Å². The van der Waals surface area contributed by atoms with E-state index in [1.54, 1.807) is 6.20 Å². The molecule has 90 valence electrons. The summed E-state index contributed by atoms with van der Waals surface area (Å²) in [6.45, 7) is 4.00. The van der Waals surface area contributed by atoms with E-state index in [9.17, 15) is 0 Å². The molecule has 0 spiro atoms. The molecule has 1 aromatic rings. The molecule has 0 saturated carbocycles. The Bertz CT molecular complexity index is 420. The minimum Gasteiger partial charge on any atom is -0.491 e. The Morgan fingerprint density at radius 1 is 1.53 bits per heavy atom. The number of ether oxygens (including phenoxy) is 2. The molecule has 1 aromatic heterocycles. The van der Waals surface area contributed by atoms with Gasteiger partial charge in [0.05, 0.1) is 18.4 Å². The molecular formula is C13H16N2O2. The molecule has 2 rings (SSSR count). The first-order valence-corrected chi connectivity index (χ1v) is 5.95. The number of pyridine rings is 1. The molecule has 0 atom stereocenters. The van der Waals surface area contributed by atoms with Gasteiger partial charge in [-0.3, -0.25) is 4.98 Å². The van der Waals surface area contributed by atoms with Crippen LogP contribution in [-0.4, -0.2) is 24.8 Å². The molecule has 0 unspecified atom stereocenters. The van der Waals surface area contributed by atoms with Crippen LogP contribution in [0.2, 0.25) is 0 Å². The second-order valence-corrected chi connectivity index (χ2v) is 4.04. The van der Waals surface area contributed by atoms with Gasteiger partial charge in [-0.25, -0.2) is 0 Å². The van der Waals surface area contributed by atoms with Crippen LogP contribution in [0.1, 0.15) is 36.9 Å². The quantitative estimate of drug-likeness (QED) is 0.802. The molecule has 0 aromatic carbocycles. The van der Waals surface area contributed by atoms with Gasteiger partial charge in [0.1, 0.15) is 6.07 Å². The summed E-state index contributed by atoms with van der Waals surface area (Å²) in [4.78, 5) is 4.40. The van der Waals surface area contributed by atoms with Crippen LogP contribution in [0.15, 0.2) is 12.3 Å². The Kier molecular flexibility index (Phi) is 3.94. The van der Waals surface area contributed by atoms with Crippen LogP contribution in [0.3, 0.4) is 0 Å². The first-order valence-electron chi connectivity index (χ1n) is 5.95. The van der Waals surface area contributed by atoms with Crippen molar-refractivity contribution in [3.8, 4) is 11.8 Å². The van der Waals surface area contributed by atoms with E-state index in [0.29, 0.717) is 23.8 Å². The van der Waals surface area contributed by atoms with E-state index in [-0.39, 0.29) is 0 Å². The molecule has 2 heterocycles. The summed E-state index contributed by atoms with van der Waals surface area (Å²) in [7, 11) is 0. The highest BCUT2D eigenvalue weighted by atomic mass is 16.5. The van der Waals surface area contributed by atoms with Gasteiger partial charge >= 0.3 is 0 Å². The minimum atomic E-state index is 0.409. The van der Waals surface area contributed by atoms with E-state index in [0.717, 1.165) is 31.7 Å². The first kappa shape index (κ1) is 11.9. The molecule has 1 aliphatic heterocycles. The minimum absolute atomic E-state index is 0.409. The maximum Gasteiger partial charge on any atom is 0.155 e. The largest absolute Gasteiger partial charge is 0.491 e. The van der Waals surface area contributed by atoms with Crippen LogP contribution >= 0.6 is 0 Å². The number of aromatic nitrogens is 1. The summed E-state index contributed by atoms with van der Waals surface area (Å²) >= 11 is 0. The van der Waals surface area contributed by atoms with Crippen molar-refractivity contribution in [2.24, 2.45) is 0 Å². The number of nitrogens with zero attached hydrogens (tertiary/aromatic N) is 2. The zero-order valence-electron chi connectivity index (χ0n) is 9.98. The average Bonchev–Trinajstić information content (AvgIpc) is 2.40. The average molecular weight is 232 g/mol. The van der Waals surface area contributed by atoms with Crippen LogP contribution in [-0.2, 0) is 4.74 Å². The number of hydrogen-bond donors (Lipinski definition) is 0. The topological polar surface area (TPSA) is 55.1 Å². The molecule has 0 aliphatic carbocycles. The molecule has 17 heavy (non-hydrogen) atoms. The fourth-order valence-corrected chi connectivity index (χ4v) is 2.03. The van der Waals surface area contributed by atoms with Gasteiger partial charge in [-0.1, -0.05) is 0 Å². The number of rotatable bonds is 3. The lowest BCUT2D eigenvalue weighted by atomic mass is 9.95. The van der Waals surface area contributed by atoms with Crippen LogP contribution in [0, 0.1) is 11.3 Å². The van der Waals surface area contributed by atoms with Gasteiger partial charge in [-0.2, -0.15) is 5.26 Å². The van der Waals surface area contributed by atoms with Crippen LogP contribution in [0.5, 0.6) is 5.75 Å². The highest BCUT2D eigenvalue weighted by Gasteiger charge is 2.18. The van der Waals surface area contributed by atoms with Crippen molar-refractivity contribution in [2.45, 2.75) is 25.7 Å². The predicted molar refractivity (Wildman–Crippen MR) is 62.9 cm³/mol. The van der Waals surface area contributed by atoms with E-state index in [1.807, 2.05) is 13.0 Å². The molecule has 4 heteroatoms. The van der Waals surface area contributed by atoms with Gasteiger partial charge in [0.2, 0.25) is 0 Å². The highest BCUT2D eigenvalue weighted by molar-refractivity contribution is 5.42. The molecule has 1 saturated heterocycles. The lowest BCUT2D eigenvalue weighted by Crippen LogP contribution is -2.15. The molecule has 1 aliphatic rings. The summed E-state index contributed by atoms with van der Waals surface area (Å²) in [6.07, 6.45) is 3.62. The van der Waals surface area contributed by atoms with E-state index in [4.69, 9.17) is 14.7 Å². The summed E-state index contributed by atoms with van der Waals surface area (Å²) in [5, 5.41) is 9.09. The van der Waals surface area contributed by atoms with Crippen molar-refractivity contribution in [2.75, 3.05) is 19.8 Å². The molecule has 0 amide bonds. The van der Waals surface area contributed by atoms with Gasteiger partial charge in [0.15, 0.2) is 5.75 Å². The number of hydrogen-bond acceptors (Lipinski definition) is 4. The van der Waals surface area contributed by atoms with Crippen molar-refractivity contribution in [1.82, 2.24) is 4.98 Å². The summed E-state index contributed by atoms with van der Waals surface area (Å²) in [5.74, 6) is 0.984. The van der Waals surface area contributed by atoms with Crippen molar-refractivity contribution in [3.05, 3.63) is 23.5 Å². The first-order chi connectivity index (χ1) is 8.35. The van der Waals surface area contributed by atoms with Crippen molar-refractivity contribution < 1.29 is 9.47 Å². The Morgan fingerprint density at radius 3 is 2.94 bits per heavy atom. The van der Waals surface area contributed by atoms with Gasteiger partial charge in [0.25, 0.3) is 0 Å². The normalized spacial score (nSPS) is 16.5. The lowest BCUT2D eigenvalue weighted by molar-refractivity contribution is 0.0845. The molecule has 0 bridgehead atoms. The maximum absolute atomic E-state index is 9.09. The fourth-order valence-electron chi connectivity index (χ4n) is 2.03. The second kappa shape index (κ2) is 5.65. The van der Waals surface area contributed by atoms with Crippen molar-refractivity contribution >= 4 is 0 Å². The molecule has 0 radical (unpaired) electrons. The Balaban J connectivity index is 2.21. The molecular weight excluding hydrogens is 216 g/mol. The third-order valence-corrected chi connectivity index (χ3v) is 2.95. The zero-order chi connectivity index (χ0) is 12.1. The summed E-state index contributed by atoms with van der Waals surface area (Å²) in [5.41, 5.74) is 1.55. The molecule has 4 nitrogen and oxygen atoms in total. The number of nitriles is 1. The van der Waals surface area contributed by atoms with E-state index < -0.39 is 0 Å². The second-order valence-electron chi connectivity index (χ2n) is 4.04. The third kappa shape index (κ3) is 2.75.